The van der Waals surface area contributed by atoms with Crippen LogP contribution in [0.15, 0.2) is 53.1 Å². The lowest BCUT2D eigenvalue weighted by Crippen LogP contribution is -2.18. The van der Waals surface area contributed by atoms with Crippen LogP contribution in [0.5, 0.6) is 23.0 Å². The van der Waals surface area contributed by atoms with E-state index in [-0.39, 0.29) is 34.1 Å². The van der Waals surface area contributed by atoms with Gasteiger partial charge in [-0.2, -0.15) is 0 Å². The van der Waals surface area contributed by atoms with Gasteiger partial charge in [-0.05, 0) is 30.3 Å². The molecule has 0 aliphatic carbocycles. The second-order valence-corrected chi connectivity index (χ2v) is 6.75. The second kappa shape index (κ2) is 10.9. The summed E-state index contributed by atoms with van der Waals surface area (Å²) in [6.07, 6.45) is 1.34. The predicted molar refractivity (Wildman–Crippen MR) is 120 cm³/mol. The van der Waals surface area contributed by atoms with Gasteiger partial charge >= 0.3 is 5.97 Å². The van der Waals surface area contributed by atoms with Gasteiger partial charge in [-0.3, -0.25) is 9.59 Å². The Labute approximate surface area is 195 Å². The van der Waals surface area contributed by atoms with Crippen LogP contribution in [0.2, 0.25) is 0 Å². The molecule has 0 radical (unpaired) electrons. The highest BCUT2D eigenvalue weighted by Crippen LogP contribution is 2.34. The van der Waals surface area contributed by atoms with Crippen LogP contribution in [0.3, 0.4) is 0 Å². The van der Waals surface area contributed by atoms with Crippen LogP contribution in [0.25, 0.3) is 0 Å². The molecule has 178 valence electrons. The molecule has 0 bridgehead atoms. The average Bonchev–Trinajstić information content (AvgIpc) is 3.41. The Morgan fingerprint density at radius 2 is 1.53 bits per heavy atom. The topological polar surface area (TPSA) is 123 Å². The molecule has 0 aliphatic rings. The largest absolute Gasteiger partial charge is 0.497 e. The van der Waals surface area contributed by atoms with Gasteiger partial charge in [0, 0.05) is 12.1 Å². The van der Waals surface area contributed by atoms with E-state index in [0.29, 0.717) is 11.5 Å². The molecule has 0 saturated heterocycles. The van der Waals surface area contributed by atoms with Crippen LogP contribution in [0.1, 0.15) is 31.3 Å². The van der Waals surface area contributed by atoms with E-state index >= 15 is 0 Å². The molecular formula is C24H23NO9. The fraction of sp³-hybridized carbons (Fsp3) is 0.208. The second-order valence-electron chi connectivity index (χ2n) is 6.75. The highest BCUT2D eigenvalue weighted by atomic mass is 16.5. The molecule has 34 heavy (non-hydrogen) atoms. The lowest BCUT2D eigenvalue weighted by molar-refractivity contribution is 0.0474. The highest BCUT2D eigenvalue weighted by Gasteiger charge is 2.23. The first-order valence-electron chi connectivity index (χ1n) is 9.95. The van der Waals surface area contributed by atoms with Crippen molar-refractivity contribution in [3.8, 4) is 23.0 Å². The Hall–Kier alpha value is -4.47. The van der Waals surface area contributed by atoms with E-state index in [4.69, 9.17) is 28.1 Å². The van der Waals surface area contributed by atoms with Crippen molar-refractivity contribution in [2.45, 2.75) is 0 Å². The smallest absolute Gasteiger partial charge is 0.340 e. The first kappa shape index (κ1) is 24.2. The van der Waals surface area contributed by atoms with E-state index in [1.165, 1.54) is 59.0 Å². The van der Waals surface area contributed by atoms with Crippen LogP contribution in [0.4, 0.5) is 5.69 Å². The molecule has 3 aromatic rings. The molecule has 10 heteroatoms. The molecule has 2 aromatic carbocycles. The van der Waals surface area contributed by atoms with Crippen molar-refractivity contribution in [2.24, 2.45) is 0 Å². The molecule has 0 fully saturated rings. The number of amides is 1. The quantitative estimate of drug-likeness (QED) is 0.350. The van der Waals surface area contributed by atoms with Crippen molar-refractivity contribution in [1.29, 1.82) is 0 Å². The molecule has 0 spiro atoms. The molecule has 10 nitrogen and oxygen atoms in total. The van der Waals surface area contributed by atoms with Crippen LogP contribution < -0.4 is 24.3 Å². The van der Waals surface area contributed by atoms with E-state index in [0.717, 1.165) is 0 Å². The lowest BCUT2D eigenvalue weighted by atomic mass is 10.1. The summed E-state index contributed by atoms with van der Waals surface area (Å²) in [4.78, 5) is 38.1. The lowest BCUT2D eigenvalue weighted by Gasteiger charge is -2.15. The summed E-state index contributed by atoms with van der Waals surface area (Å²) in [5.74, 6) is -0.690. The fourth-order valence-electron chi connectivity index (χ4n) is 3.06. The summed E-state index contributed by atoms with van der Waals surface area (Å²) in [5, 5.41) is 2.58. The monoisotopic (exact) mass is 469 g/mol. The maximum atomic E-state index is 12.9. The first-order chi connectivity index (χ1) is 16.4. The Morgan fingerprint density at radius 1 is 0.824 bits per heavy atom. The summed E-state index contributed by atoms with van der Waals surface area (Å²) >= 11 is 0. The number of nitrogens with one attached hydrogen (secondary N) is 1. The number of ketones is 1. The number of carbonyl (C=O) groups is 3. The molecule has 0 saturated carbocycles. The summed E-state index contributed by atoms with van der Waals surface area (Å²) in [6.45, 7) is -0.581. The summed E-state index contributed by atoms with van der Waals surface area (Å²) < 4.78 is 31.2. The number of esters is 1. The van der Waals surface area contributed by atoms with Crippen LogP contribution >= 0.6 is 0 Å². The Balaban J connectivity index is 1.85. The summed E-state index contributed by atoms with van der Waals surface area (Å²) in [6, 6.07) is 10.5. The number of hydrogen-bond acceptors (Lipinski definition) is 9. The first-order valence-corrected chi connectivity index (χ1v) is 9.95. The summed E-state index contributed by atoms with van der Waals surface area (Å²) in [7, 11) is 5.69. The predicted octanol–water partition coefficient (Wildman–Crippen LogP) is 3.61. The van der Waals surface area contributed by atoms with Gasteiger partial charge in [-0.1, -0.05) is 0 Å². The molecule has 3 rings (SSSR count). The van der Waals surface area contributed by atoms with Crippen molar-refractivity contribution in [3.05, 3.63) is 65.6 Å². The summed E-state index contributed by atoms with van der Waals surface area (Å²) in [5.41, 5.74) is 0.215. The number of methoxy groups -OCH3 is 4. The Morgan fingerprint density at radius 3 is 2.15 bits per heavy atom. The number of benzene rings is 2. The Bertz CT molecular complexity index is 1190. The van der Waals surface area contributed by atoms with Gasteiger partial charge in [-0.15, -0.1) is 0 Å². The standard InChI is InChI=1S/C24H23NO9/c1-29-14-7-8-19(30-2)16(10-14)18(26)13-34-24(28)15-11-21(31-3)22(32-4)12-17(15)25-23(27)20-6-5-9-33-20/h5-12H,13H2,1-4H3,(H,25,27). The number of furan rings is 1. The molecule has 0 unspecified atom stereocenters. The van der Waals surface area contributed by atoms with E-state index < -0.39 is 24.3 Å². The molecule has 1 aromatic heterocycles. The van der Waals surface area contributed by atoms with Gasteiger partial charge in [-0.25, -0.2) is 4.79 Å². The van der Waals surface area contributed by atoms with Crippen molar-refractivity contribution in [3.63, 3.8) is 0 Å². The SMILES string of the molecule is COc1ccc(OC)c(C(=O)COC(=O)c2cc(OC)c(OC)cc2NC(=O)c2ccco2)c1. The van der Waals surface area contributed by atoms with Crippen molar-refractivity contribution in [2.75, 3.05) is 40.4 Å². The van der Waals surface area contributed by atoms with Gasteiger partial charge in [0.25, 0.3) is 5.91 Å². The van der Waals surface area contributed by atoms with Gasteiger partial charge in [0.15, 0.2) is 23.9 Å². The van der Waals surface area contributed by atoms with Crippen LogP contribution in [-0.2, 0) is 4.74 Å². The molecule has 0 atom stereocenters. The van der Waals surface area contributed by atoms with Crippen LogP contribution in [0, 0.1) is 0 Å². The van der Waals surface area contributed by atoms with E-state index in [9.17, 15) is 14.4 Å². The van der Waals surface area contributed by atoms with Gasteiger partial charge in [0.05, 0.1) is 51.5 Å². The minimum Gasteiger partial charge on any atom is -0.497 e. The minimum atomic E-state index is -0.870. The zero-order valence-corrected chi connectivity index (χ0v) is 19.0. The van der Waals surface area contributed by atoms with Crippen LogP contribution in [-0.4, -0.2) is 52.7 Å². The van der Waals surface area contributed by atoms with Gasteiger partial charge in [0.1, 0.15) is 11.5 Å². The van der Waals surface area contributed by atoms with Crippen molar-refractivity contribution in [1.82, 2.24) is 0 Å². The number of anilines is 1. The van der Waals surface area contributed by atoms with Gasteiger partial charge < -0.3 is 33.4 Å². The fourth-order valence-corrected chi connectivity index (χ4v) is 3.06. The van der Waals surface area contributed by atoms with E-state index in [1.807, 2.05) is 0 Å². The zero-order valence-electron chi connectivity index (χ0n) is 19.0. The van der Waals surface area contributed by atoms with Gasteiger partial charge in [0.2, 0.25) is 5.78 Å². The van der Waals surface area contributed by atoms with E-state index in [1.54, 1.807) is 18.2 Å². The molecule has 0 aliphatic heterocycles. The number of carbonyl (C=O) groups excluding carboxylic acids is 3. The normalized spacial score (nSPS) is 10.2. The zero-order chi connectivity index (χ0) is 24.7. The molecule has 1 amide bonds. The third kappa shape index (κ3) is 5.29. The number of Topliss-reactive ketones (excluding diaryl/α,β-unsaturated/α-hetero) is 1. The molecular weight excluding hydrogens is 446 g/mol. The maximum absolute atomic E-state index is 12.9. The number of rotatable bonds is 10. The molecule has 1 heterocycles. The average molecular weight is 469 g/mol. The third-order valence-corrected chi connectivity index (χ3v) is 4.78. The van der Waals surface area contributed by atoms with E-state index in [2.05, 4.69) is 5.32 Å². The third-order valence-electron chi connectivity index (χ3n) is 4.78. The number of hydrogen-bond donors (Lipinski definition) is 1. The van der Waals surface area contributed by atoms with Crippen molar-refractivity contribution < 1.29 is 42.5 Å². The Kier molecular flexibility index (Phi) is 7.75. The van der Waals surface area contributed by atoms with Crippen molar-refractivity contribution >= 4 is 23.3 Å². The molecule has 1 N–H and O–H groups in total. The minimum absolute atomic E-state index is 0.0365. The maximum Gasteiger partial charge on any atom is 0.340 e. The highest BCUT2D eigenvalue weighted by molar-refractivity contribution is 6.08. The number of ether oxygens (including phenoxy) is 5.